The quantitative estimate of drug-likeness (QED) is 0.808. The van der Waals surface area contributed by atoms with Gasteiger partial charge >= 0.3 is 6.09 Å². The molecular weight excluding hydrogens is 374 g/mol. The zero-order chi connectivity index (χ0) is 21.2. The van der Waals surface area contributed by atoms with E-state index in [2.05, 4.69) is 4.98 Å². The van der Waals surface area contributed by atoms with E-state index in [1.54, 1.807) is 39.0 Å². The van der Waals surface area contributed by atoms with E-state index in [0.29, 0.717) is 30.3 Å². The normalized spacial score (nSPS) is 21.2. The van der Waals surface area contributed by atoms with Gasteiger partial charge in [-0.3, -0.25) is 9.36 Å². The molecule has 0 saturated carbocycles. The predicted octanol–water partition coefficient (Wildman–Crippen LogP) is 1.91. The molecule has 2 N–H and O–H groups in total. The third kappa shape index (κ3) is 5.13. The molecule has 1 aliphatic rings. The Balaban J connectivity index is 1.73. The molecule has 1 saturated heterocycles. The first kappa shape index (κ1) is 21.3. The second-order valence-electron chi connectivity index (χ2n) is 8.56. The molecule has 0 aliphatic carbocycles. The van der Waals surface area contributed by atoms with Crippen molar-refractivity contribution < 1.29 is 19.7 Å². The van der Waals surface area contributed by atoms with Crippen LogP contribution in [-0.2, 0) is 11.3 Å². The maximum atomic E-state index is 12.6. The Bertz CT molecular complexity index is 920. The molecule has 3 atom stereocenters. The Hall–Kier alpha value is -2.45. The lowest BCUT2D eigenvalue weighted by Crippen LogP contribution is -2.53. The van der Waals surface area contributed by atoms with Gasteiger partial charge in [0, 0.05) is 6.54 Å². The molecule has 1 aliphatic heterocycles. The monoisotopic (exact) mass is 403 g/mol. The van der Waals surface area contributed by atoms with Crippen LogP contribution in [0, 0.1) is 0 Å². The van der Waals surface area contributed by atoms with Crippen LogP contribution in [0.2, 0.25) is 0 Å². The Morgan fingerprint density at radius 2 is 2.07 bits per heavy atom. The molecule has 0 bridgehead atoms. The first-order valence-corrected chi connectivity index (χ1v) is 9.95. The van der Waals surface area contributed by atoms with Gasteiger partial charge in [0.05, 0.1) is 42.0 Å². The Kier molecular flexibility index (Phi) is 6.24. The predicted molar refractivity (Wildman–Crippen MR) is 109 cm³/mol. The average Bonchev–Trinajstić information content (AvgIpc) is 2.64. The first-order valence-electron chi connectivity index (χ1n) is 9.95. The lowest BCUT2D eigenvalue weighted by Gasteiger charge is -2.40. The van der Waals surface area contributed by atoms with Crippen molar-refractivity contribution in [2.45, 2.75) is 70.4 Å². The van der Waals surface area contributed by atoms with Crippen LogP contribution < -0.4 is 5.56 Å². The zero-order valence-corrected chi connectivity index (χ0v) is 17.1. The number of nitrogens with zero attached hydrogens (tertiary/aromatic N) is 3. The summed E-state index contributed by atoms with van der Waals surface area (Å²) in [4.78, 5) is 30.9. The van der Waals surface area contributed by atoms with Crippen LogP contribution in [0.1, 0.15) is 40.0 Å². The van der Waals surface area contributed by atoms with Crippen LogP contribution >= 0.6 is 0 Å². The van der Waals surface area contributed by atoms with Crippen molar-refractivity contribution >= 4 is 17.0 Å². The number of para-hydroxylation sites is 1. The number of carbonyl (C=O) groups is 1. The molecule has 1 amide bonds. The number of amides is 1. The molecule has 8 heteroatoms. The van der Waals surface area contributed by atoms with Crippen LogP contribution in [0.5, 0.6) is 0 Å². The number of ether oxygens (including phenoxy) is 1. The van der Waals surface area contributed by atoms with E-state index < -0.39 is 29.9 Å². The van der Waals surface area contributed by atoms with Gasteiger partial charge in [0.15, 0.2) is 0 Å². The Morgan fingerprint density at radius 1 is 1.34 bits per heavy atom. The van der Waals surface area contributed by atoms with Crippen LogP contribution in [0.3, 0.4) is 0 Å². The molecular formula is C21H29N3O5. The van der Waals surface area contributed by atoms with Crippen LogP contribution in [0.25, 0.3) is 10.9 Å². The number of rotatable bonds is 4. The number of benzene rings is 1. The molecule has 158 valence electrons. The third-order valence-corrected chi connectivity index (χ3v) is 5.02. The minimum Gasteiger partial charge on any atom is -0.444 e. The lowest BCUT2D eigenvalue weighted by molar-refractivity contribution is -0.0368. The SMILES string of the molecule is CC(C)(C)OC(=O)N1CCC[C@H](O)[C@H]1C[C@H](O)Cn1cnc2ccccc2c1=O. The van der Waals surface area contributed by atoms with Gasteiger partial charge in [-0.2, -0.15) is 0 Å². The fourth-order valence-corrected chi connectivity index (χ4v) is 3.68. The molecule has 1 aromatic heterocycles. The molecule has 0 spiro atoms. The highest BCUT2D eigenvalue weighted by molar-refractivity contribution is 5.76. The lowest BCUT2D eigenvalue weighted by atomic mass is 9.94. The van der Waals surface area contributed by atoms with E-state index in [1.165, 1.54) is 15.8 Å². The minimum absolute atomic E-state index is 0.0298. The summed E-state index contributed by atoms with van der Waals surface area (Å²) in [6.07, 6.45) is 0.583. The van der Waals surface area contributed by atoms with Crippen molar-refractivity contribution in [2.24, 2.45) is 0 Å². The number of aliphatic hydroxyl groups excluding tert-OH is 2. The Morgan fingerprint density at radius 3 is 2.79 bits per heavy atom. The van der Waals surface area contributed by atoms with Gasteiger partial charge < -0.3 is 19.8 Å². The average molecular weight is 403 g/mol. The fraction of sp³-hybridized carbons (Fsp3) is 0.571. The van der Waals surface area contributed by atoms with Crippen LogP contribution in [-0.4, -0.2) is 61.2 Å². The standard InChI is InChI=1S/C21H29N3O5/c1-21(2,3)29-20(28)24-10-6-9-18(26)17(24)11-14(25)12-23-13-22-16-8-5-4-7-15(16)19(23)27/h4-5,7-8,13-14,17-18,25-26H,6,9-12H2,1-3H3/t14-,17+,18-/m0/s1. The van der Waals surface area contributed by atoms with Crippen molar-refractivity contribution in [3.05, 3.63) is 40.9 Å². The number of fused-ring (bicyclic) bond motifs is 1. The summed E-state index contributed by atoms with van der Waals surface area (Å²) in [5.74, 6) is 0. The number of hydrogen-bond donors (Lipinski definition) is 2. The second-order valence-corrected chi connectivity index (χ2v) is 8.56. The molecule has 1 fully saturated rings. The molecule has 1 aromatic carbocycles. The van der Waals surface area contributed by atoms with E-state index >= 15 is 0 Å². The summed E-state index contributed by atoms with van der Waals surface area (Å²) in [6.45, 7) is 5.85. The summed E-state index contributed by atoms with van der Waals surface area (Å²) >= 11 is 0. The van der Waals surface area contributed by atoms with Gasteiger partial charge in [-0.25, -0.2) is 9.78 Å². The number of aliphatic hydroxyl groups is 2. The van der Waals surface area contributed by atoms with Gasteiger partial charge in [0.2, 0.25) is 0 Å². The van der Waals surface area contributed by atoms with Gasteiger partial charge in [-0.1, -0.05) is 12.1 Å². The first-order chi connectivity index (χ1) is 13.7. The van der Waals surface area contributed by atoms with Crippen molar-refractivity contribution in [3.8, 4) is 0 Å². The largest absolute Gasteiger partial charge is 0.444 e. The fourth-order valence-electron chi connectivity index (χ4n) is 3.68. The summed E-state index contributed by atoms with van der Waals surface area (Å²) in [5, 5.41) is 21.6. The number of carbonyl (C=O) groups excluding carboxylic acids is 1. The molecule has 8 nitrogen and oxygen atoms in total. The number of piperidine rings is 1. The van der Waals surface area contributed by atoms with Crippen LogP contribution in [0.4, 0.5) is 4.79 Å². The number of hydrogen-bond acceptors (Lipinski definition) is 6. The minimum atomic E-state index is -0.932. The van der Waals surface area contributed by atoms with E-state index in [4.69, 9.17) is 4.74 Å². The molecule has 0 unspecified atom stereocenters. The maximum Gasteiger partial charge on any atom is 0.410 e. The maximum absolute atomic E-state index is 12.6. The van der Waals surface area contributed by atoms with Crippen molar-refractivity contribution in [1.82, 2.24) is 14.5 Å². The number of likely N-dealkylation sites (tertiary alicyclic amines) is 1. The highest BCUT2D eigenvalue weighted by atomic mass is 16.6. The van der Waals surface area contributed by atoms with Crippen LogP contribution in [0.15, 0.2) is 35.4 Å². The molecule has 3 rings (SSSR count). The van der Waals surface area contributed by atoms with E-state index in [-0.39, 0.29) is 18.5 Å². The van der Waals surface area contributed by atoms with Gasteiger partial charge in [-0.15, -0.1) is 0 Å². The highest BCUT2D eigenvalue weighted by Gasteiger charge is 2.36. The zero-order valence-electron chi connectivity index (χ0n) is 17.1. The molecule has 2 aromatic rings. The van der Waals surface area contributed by atoms with Gasteiger partial charge in [0.25, 0.3) is 5.56 Å². The van der Waals surface area contributed by atoms with Gasteiger partial charge in [0.1, 0.15) is 5.60 Å². The molecule has 2 heterocycles. The van der Waals surface area contributed by atoms with Crippen molar-refractivity contribution in [2.75, 3.05) is 6.54 Å². The van der Waals surface area contributed by atoms with Crippen molar-refractivity contribution in [1.29, 1.82) is 0 Å². The van der Waals surface area contributed by atoms with E-state index in [0.717, 1.165) is 0 Å². The molecule has 29 heavy (non-hydrogen) atoms. The number of aromatic nitrogens is 2. The smallest absolute Gasteiger partial charge is 0.410 e. The summed E-state index contributed by atoms with van der Waals surface area (Å²) < 4.78 is 6.81. The van der Waals surface area contributed by atoms with E-state index in [1.807, 2.05) is 6.07 Å². The summed E-state index contributed by atoms with van der Waals surface area (Å²) in [5.41, 5.74) is -0.280. The van der Waals surface area contributed by atoms with Crippen molar-refractivity contribution in [3.63, 3.8) is 0 Å². The Labute approximate surface area is 169 Å². The molecule has 0 radical (unpaired) electrons. The highest BCUT2D eigenvalue weighted by Crippen LogP contribution is 2.24. The second kappa shape index (κ2) is 8.51. The topological polar surface area (TPSA) is 105 Å². The summed E-state index contributed by atoms with van der Waals surface area (Å²) in [7, 11) is 0. The summed E-state index contributed by atoms with van der Waals surface area (Å²) in [6, 6.07) is 6.46. The van der Waals surface area contributed by atoms with E-state index in [9.17, 15) is 19.8 Å². The van der Waals surface area contributed by atoms with Gasteiger partial charge in [-0.05, 0) is 52.2 Å². The third-order valence-electron chi connectivity index (χ3n) is 5.02.